The molecule has 0 radical (unpaired) electrons. The van der Waals surface area contributed by atoms with Crippen LogP contribution in [0.15, 0.2) is 54.6 Å². The number of rotatable bonds is 6. The minimum Gasteiger partial charge on any atom is -0.371 e. The fourth-order valence-electron chi connectivity index (χ4n) is 3.54. The molecule has 29 heavy (non-hydrogen) atoms. The average Bonchev–Trinajstić information content (AvgIpc) is 2.63. The molecule has 0 spiro atoms. The first-order valence-corrected chi connectivity index (χ1v) is 11.9. The maximum Gasteiger partial charge on any atom is 0.0713 e. The smallest absolute Gasteiger partial charge is 0.0713 e. The second-order valence-corrected chi connectivity index (χ2v) is 10.6. The first-order valence-electron chi connectivity index (χ1n) is 10.8. The number of benzene rings is 2. The van der Waals surface area contributed by atoms with Crippen molar-refractivity contribution in [2.75, 3.05) is 6.66 Å². The van der Waals surface area contributed by atoms with Gasteiger partial charge in [-0.05, 0) is 55.7 Å². The van der Waals surface area contributed by atoms with E-state index in [1.165, 1.54) is 16.7 Å². The summed E-state index contributed by atoms with van der Waals surface area (Å²) in [7, 11) is 2.42. The summed E-state index contributed by atoms with van der Waals surface area (Å²) in [5, 5.41) is 0. The van der Waals surface area contributed by atoms with E-state index in [0.29, 0.717) is 5.41 Å². The molecule has 0 aromatic heterocycles. The zero-order valence-corrected chi connectivity index (χ0v) is 21.3. The molecule has 1 nitrogen and oxygen atoms in total. The Bertz CT molecular complexity index is 703. The summed E-state index contributed by atoms with van der Waals surface area (Å²) in [6.45, 7) is 19.8. The Morgan fingerprint density at radius 3 is 1.66 bits per heavy atom. The van der Waals surface area contributed by atoms with E-state index in [1.54, 1.807) is 0 Å². The lowest BCUT2D eigenvalue weighted by Crippen LogP contribution is -2.42. The molecule has 2 aromatic rings. The lowest BCUT2D eigenvalue weighted by Gasteiger charge is -2.39. The van der Waals surface area contributed by atoms with Gasteiger partial charge in [0.05, 0.1) is 11.7 Å². The van der Waals surface area contributed by atoms with Crippen molar-refractivity contribution in [2.45, 2.75) is 85.4 Å². The zero-order valence-electron chi connectivity index (χ0n) is 20.2. The molecular formula is C27H43OP. The average molecular weight is 415 g/mol. The van der Waals surface area contributed by atoms with Gasteiger partial charge in [-0.1, -0.05) is 95.9 Å². The molecule has 0 fully saturated rings. The fourth-order valence-corrected chi connectivity index (χ4v) is 3.54. The Kier molecular flexibility index (Phi) is 9.58. The quantitative estimate of drug-likeness (QED) is 0.445. The van der Waals surface area contributed by atoms with Gasteiger partial charge in [0.2, 0.25) is 0 Å². The molecule has 0 aliphatic rings. The molecule has 0 aliphatic heterocycles. The zero-order chi connectivity index (χ0) is 22.3. The fraction of sp³-hybridized carbons (Fsp3) is 0.556. The van der Waals surface area contributed by atoms with E-state index in [2.05, 4.69) is 119 Å². The van der Waals surface area contributed by atoms with Crippen LogP contribution in [-0.4, -0.2) is 18.4 Å². The monoisotopic (exact) mass is 414 g/mol. The SMILES string of the molecule is CC(C)(C)Cc1ccc(CC(OC(C)(C)C)C(C)(C)c2ccccc2)cc1.CP. The molecule has 2 aromatic carbocycles. The van der Waals surface area contributed by atoms with Crippen molar-refractivity contribution in [2.24, 2.45) is 5.41 Å². The Morgan fingerprint density at radius 2 is 1.21 bits per heavy atom. The molecule has 2 heteroatoms. The number of ether oxygens (including phenoxy) is 1. The van der Waals surface area contributed by atoms with E-state index < -0.39 is 0 Å². The molecule has 0 saturated heterocycles. The van der Waals surface area contributed by atoms with Crippen molar-refractivity contribution >= 4 is 9.24 Å². The van der Waals surface area contributed by atoms with E-state index in [1.807, 2.05) is 6.66 Å². The van der Waals surface area contributed by atoms with Gasteiger partial charge in [-0.3, -0.25) is 0 Å². The molecule has 0 amide bonds. The molecule has 0 saturated carbocycles. The normalized spacial score (nSPS) is 13.4. The van der Waals surface area contributed by atoms with Gasteiger partial charge >= 0.3 is 0 Å². The van der Waals surface area contributed by atoms with Crippen molar-refractivity contribution in [3.63, 3.8) is 0 Å². The van der Waals surface area contributed by atoms with Gasteiger partial charge < -0.3 is 4.74 Å². The number of hydrogen-bond acceptors (Lipinski definition) is 1. The van der Waals surface area contributed by atoms with E-state index in [4.69, 9.17) is 4.74 Å². The van der Waals surface area contributed by atoms with E-state index in [-0.39, 0.29) is 17.1 Å². The van der Waals surface area contributed by atoms with Crippen LogP contribution in [0.25, 0.3) is 0 Å². The molecule has 2 atom stereocenters. The van der Waals surface area contributed by atoms with Gasteiger partial charge in [-0.25, -0.2) is 0 Å². The minimum absolute atomic E-state index is 0.0708. The maximum atomic E-state index is 6.57. The third-order valence-corrected chi connectivity index (χ3v) is 5.00. The van der Waals surface area contributed by atoms with Crippen LogP contribution in [0.3, 0.4) is 0 Å². The van der Waals surface area contributed by atoms with Crippen LogP contribution in [0.4, 0.5) is 0 Å². The van der Waals surface area contributed by atoms with Gasteiger partial charge in [-0.2, -0.15) is 0 Å². The highest BCUT2D eigenvalue weighted by Gasteiger charge is 2.35. The van der Waals surface area contributed by atoms with E-state index >= 15 is 0 Å². The lowest BCUT2D eigenvalue weighted by atomic mass is 9.76. The first kappa shape index (κ1) is 25.9. The summed E-state index contributed by atoms with van der Waals surface area (Å²) >= 11 is 0. The van der Waals surface area contributed by atoms with Crippen molar-refractivity contribution in [1.29, 1.82) is 0 Å². The molecule has 0 N–H and O–H groups in total. The molecule has 0 heterocycles. The highest BCUT2D eigenvalue weighted by Crippen LogP contribution is 2.34. The minimum atomic E-state index is -0.178. The van der Waals surface area contributed by atoms with E-state index in [9.17, 15) is 0 Å². The van der Waals surface area contributed by atoms with Crippen molar-refractivity contribution in [3.8, 4) is 0 Å². The molecule has 0 bridgehead atoms. The number of hydrogen-bond donors (Lipinski definition) is 0. The van der Waals surface area contributed by atoms with Crippen LogP contribution in [-0.2, 0) is 23.0 Å². The van der Waals surface area contributed by atoms with Crippen LogP contribution in [0.2, 0.25) is 0 Å². The predicted octanol–water partition coefficient (Wildman–Crippen LogP) is 7.47. The molecule has 2 unspecified atom stereocenters. The largest absolute Gasteiger partial charge is 0.371 e. The summed E-state index contributed by atoms with van der Waals surface area (Å²) in [4.78, 5) is 0. The second kappa shape index (κ2) is 10.7. The van der Waals surface area contributed by atoms with Crippen molar-refractivity contribution < 1.29 is 4.74 Å². The van der Waals surface area contributed by atoms with Gasteiger partial charge in [0.15, 0.2) is 0 Å². The van der Waals surface area contributed by atoms with Gasteiger partial charge in [0.25, 0.3) is 0 Å². The molecule has 0 aliphatic carbocycles. The van der Waals surface area contributed by atoms with Gasteiger partial charge in [0, 0.05) is 5.41 Å². The highest BCUT2D eigenvalue weighted by atomic mass is 31.0. The predicted molar refractivity (Wildman–Crippen MR) is 133 cm³/mol. The Labute approximate surface area is 182 Å². The van der Waals surface area contributed by atoms with Gasteiger partial charge in [-0.15, -0.1) is 9.24 Å². The van der Waals surface area contributed by atoms with Crippen LogP contribution >= 0.6 is 9.24 Å². The van der Waals surface area contributed by atoms with Crippen LogP contribution in [0, 0.1) is 5.41 Å². The Balaban J connectivity index is 0.00000204. The summed E-state index contributed by atoms with van der Waals surface area (Å²) in [5.74, 6) is 0. The summed E-state index contributed by atoms with van der Waals surface area (Å²) < 4.78 is 6.57. The maximum absolute atomic E-state index is 6.57. The molecule has 162 valence electrons. The topological polar surface area (TPSA) is 9.23 Å². The van der Waals surface area contributed by atoms with E-state index in [0.717, 1.165) is 12.8 Å². The lowest BCUT2D eigenvalue weighted by molar-refractivity contribution is -0.0880. The van der Waals surface area contributed by atoms with Crippen LogP contribution < -0.4 is 0 Å². The van der Waals surface area contributed by atoms with Crippen molar-refractivity contribution in [3.05, 3.63) is 71.3 Å². The van der Waals surface area contributed by atoms with Crippen LogP contribution in [0.5, 0.6) is 0 Å². The standard InChI is InChI=1S/C26H38O.CH5P/c1-24(2,3)19-21-16-14-20(15-17-21)18-23(27-25(4,5)6)26(7,8)22-12-10-9-11-13-22;1-2/h9-17,23H,18-19H2,1-8H3;2H2,1H3. The highest BCUT2D eigenvalue weighted by molar-refractivity contribution is 7.15. The van der Waals surface area contributed by atoms with Crippen molar-refractivity contribution in [1.82, 2.24) is 0 Å². The van der Waals surface area contributed by atoms with Gasteiger partial charge in [0.1, 0.15) is 0 Å². The summed E-state index contributed by atoms with van der Waals surface area (Å²) in [5.41, 5.74) is 4.13. The summed E-state index contributed by atoms with van der Waals surface area (Å²) in [6.07, 6.45) is 2.12. The Hall–Kier alpha value is -1.17. The summed E-state index contributed by atoms with van der Waals surface area (Å²) in [6, 6.07) is 19.9. The molecule has 2 rings (SSSR count). The second-order valence-electron chi connectivity index (χ2n) is 10.6. The third-order valence-electron chi connectivity index (χ3n) is 5.00. The molecular weight excluding hydrogens is 371 g/mol. The van der Waals surface area contributed by atoms with Crippen LogP contribution in [0.1, 0.15) is 72.1 Å². The Morgan fingerprint density at radius 1 is 0.724 bits per heavy atom. The third kappa shape index (κ3) is 9.02. The first-order chi connectivity index (χ1) is 13.4.